The van der Waals surface area contributed by atoms with E-state index in [4.69, 9.17) is 18.0 Å². The van der Waals surface area contributed by atoms with E-state index in [1.807, 2.05) is 0 Å². The Morgan fingerprint density at radius 2 is 2.00 bits per heavy atom. The van der Waals surface area contributed by atoms with Gasteiger partial charge in [0.2, 0.25) is 0 Å². The van der Waals surface area contributed by atoms with Crippen LogP contribution in [0.5, 0.6) is 0 Å². The Balaban J connectivity index is 2.13. The number of rotatable bonds is 3. The van der Waals surface area contributed by atoms with Crippen molar-refractivity contribution < 1.29 is 5.11 Å². The molecule has 2 heterocycles. The molecule has 0 saturated carbocycles. The van der Waals surface area contributed by atoms with Crippen LogP contribution in [0, 0.1) is 0 Å². The van der Waals surface area contributed by atoms with Gasteiger partial charge in [0.05, 0.1) is 17.1 Å². The number of nitrogens with zero attached hydrogens (tertiary/aromatic N) is 1. The third-order valence-electron chi connectivity index (χ3n) is 3.84. The van der Waals surface area contributed by atoms with Crippen molar-refractivity contribution in [2.24, 2.45) is 5.73 Å². The molecule has 0 aromatic rings. The number of thiocarbonyl (C=S) groups is 1. The Morgan fingerprint density at radius 3 is 2.40 bits per heavy atom. The summed E-state index contributed by atoms with van der Waals surface area (Å²) in [6.45, 7) is 2.13. The normalized spacial score (nSPS) is 37.9. The molecule has 4 heteroatoms. The quantitative estimate of drug-likeness (QED) is 0.709. The lowest BCUT2D eigenvalue weighted by Crippen LogP contribution is -2.53. The highest BCUT2D eigenvalue weighted by Gasteiger charge is 2.43. The van der Waals surface area contributed by atoms with Crippen molar-refractivity contribution in [3.05, 3.63) is 0 Å². The first-order valence-electron chi connectivity index (χ1n) is 5.88. The van der Waals surface area contributed by atoms with Crippen LogP contribution in [0.1, 0.15) is 39.0 Å². The number of aliphatic hydroxyl groups excluding tert-OH is 1. The predicted octanol–water partition coefficient (Wildman–Crippen LogP) is 1.04. The van der Waals surface area contributed by atoms with Gasteiger partial charge >= 0.3 is 0 Å². The summed E-state index contributed by atoms with van der Waals surface area (Å²) >= 11 is 5.13. The van der Waals surface area contributed by atoms with Gasteiger partial charge in [-0.2, -0.15) is 0 Å². The number of hydrogen-bond donors (Lipinski definition) is 2. The van der Waals surface area contributed by atoms with Gasteiger partial charge in [0.25, 0.3) is 0 Å². The van der Waals surface area contributed by atoms with Crippen LogP contribution in [-0.4, -0.2) is 39.2 Å². The fourth-order valence-electron chi connectivity index (χ4n) is 3.25. The molecule has 2 rings (SSSR count). The van der Waals surface area contributed by atoms with Crippen LogP contribution < -0.4 is 5.73 Å². The second kappa shape index (κ2) is 4.36. The Bertz CT molecular complexity index is 245. The van der Waals surface area contributed by atoms with Crippen molar-refractivity contribution >= 4 is 17.2 Å². The van der Waals surface area contributed by atoms with E-state index >= 15 is 0 Å². The van der Waals surface area contributed by atoms with Crippen molar-refractivity contribution in [3.63, 3.8) is 0 Å². The van der Waals surface area contributed by atoms with Gasteiger partial charge in [0.15, 0.2) is 0 Å². The number of hydrogen-bond acceptors (Lipinski definition) is 3. The van der Waals surface area contributed by atoms with E-state index in [-0.39, 0.29) is 12.1 Å². The SMILES string of the molecule is CCC(C(N)=S)N1C2CCC1CC(O)C2. The van der Waals surface area contributed by atoms with Gasteiger partial charge in [-0.25, -0.2) is 0 Å². The molecule has 0 aromatic carbocycles. The smallest absolute Gasteiger partial charge is 0.0902 e. The van der Waals surface area contributed by atoms with E-state index in [1.165, 1.54) is 12.8 Å². The number of fused-ring (bicyclic) bond motifs is 2. The van der Waals surface area contributed by atoms with E-state index in [9.17, 15) is 5.11 Å². The summed E-state index contributed by atoms with van der Waals surface area (Å²) in [4.78, 5) is 3.08. The minimum Gasteiger partial charge on any atom is -0.393 e. The lowest BCUT2D eigenvalue weighted by Gasteiger charge is -2.41. The van der Waals surface area contributed by atoms with Crippen molar-refractivity contribution in [1.82, 2.24) is 4.90 Å². The van der Waals surface area contributed by atoms with Gasteiger partial charge in [-0.3, -0.25) is 4.90 Å². The monoisotopic (exact) mass is 228 g/mol. The lowest BCUT2D eigenvalue weighted by molar-refractivity contribution is 0.0244. The molecule has 3 nitrogen and oxygen atoms in total. The van der Waals surface area contributed by atoms with Gasteiger partial charge in [-0.05, 0) is 32.1 Å². The molecule has 3 N–H and O–H groups in total. The van der Waals surface area contributed by atoms with Crippen molar-refractivity contribution in [3.8, 4) is 0 Å². The molecule has 2 saturated heterocycles. The average Bonchev–Trinajstić information content (AvgIpc) is 2.44. The molecule has 0 aliphatic carbocycles. The molecular formula is C11H20N2OS. The van der Waals surface area contributed by atoms with E-state index in [0.717, 1.165) is 19.3 Å². The van der Waals surface area contributed by atoms with Crippen LogP contribution >= 0.6 is 12.2 Å². The second-order valence-electron chi connectivity index (χ2n) is 4.78. The van der Waals surface area contributed by atoms with Gasteiger partial charge in [0, 0.05) is 12.1 Å². The van der Waals surface area contributed by atoms with E-state index in [0.29, 0.717) is 17.1 Å². The Hall–Kier alpha value is -0.190. The lowest BCUT2D eigenvalue weighted by atomic mass is 9.97. The molecule has 2 fully saturated rings. The molecule has 2 aliphatic heterocycles. The maximum absolute atomic E-state index is 9.71. The molecule has 0 amide bonds. The van der Waals surface area contributed by atoms with Crippen molar-refractivity contribution in [2.45, 2.75) is 63.3 Å². The highest BCUT2D eigenvalue weighted by atomic mass is 32.1. The van der Waals surface area contributed by atoms with Crippen molar-refractivity contribution in [2.75, 3.05) is 0 Å². The summed E-state index contributed by atoms with van der Waals surface area (Å²) < 4.78 is 0. The molecule has 0 spiro atoms. The van der Waals surface area contributed by atoms with Gasteiger partial charge < -0.3 is 10.8 Å². The van der Waals surface area contributed by atoms with Crippen LogP contribution in [0.4, 0.5) is 0 Å². The van der Waals surface area contributed by atoms with E-state index < -0.39 is 0 Å². The van der Waals surface area contributed by atoms with E-state index in [2.05, 4.69) is 11.8 Å². The summed E-state index contributed by atoms with van der Waals surface area (Å²) in [5, 5.41) is 9.71. The molecule has 3 atom stereocenters. The van der Waals surface area contributed by atoms with Crippen LogP contribution in [0.3, 0.4) is 0 Å². The Morgan fingerprint density at radius 1 is 1.47 bits per heavy atom. The largest absolute Gasteiger partial charge is 0.393 e. The first-order valence-corrected chi connectivity index (χ1v) is 6.29. The van der Waals surface area contributed by atoms with Crippen LogP contribution in [0.2, 0.25) is 0 Å². The molecule has 2 aliphatic rings. The predicted molar refractivity (Wildman–Crippen MR) is 64.8 cm³/mol. The fraction of sp³-hybridized carbons (Fsp3) is 0.909. The second-order valence-corrected chi connectivity index (χ2v) is 5.26. The summed E-state index contributed by atoms with van der Waals surface area (Å²) in [5.74, 6) is 0. The molecular weight excluding hydrogens is 208 g/mol. The third-order valence-corrected chi connectivity index (χ3v) is 4.11. The average molecular weight is 228 g/mol. The zero-order chi connectivity index (χ0) is 11.0. The topological polar surface area (TPSA) is 49.5 Å². The minimum atomic E-state index is -0.109. The molecule has 3 unspecified atom stereocenters. The highest BCUT2D eigenvalue weighted by molar-refractivity contribution is 7.80. The van der Waals surface area contributed by atoms with Crippen LogP contribution in [0.15, 0.2) is 0 Å². The number of piperidine rings is 1. The first kappa shape index (κ1) is 11.3. The first-order chi connectivity index (χ1) is 7.13. The maximum Gasteiger partial charge on any atom is 0.0902 e. The van der Waals surface area contributed by atoms with Gasteiger partial charge in [0.1, 0.15) is 0 Å². The van der Waals surface area contributed by atoms with Gasteiger partial charge in [-0.1, -0.05) is 19.1 Å². The minimum absolute atomic E-state index is 0.109. The zero-order valence-electron chi connectivity index (χ0n) is 9.22. The Kier molecular flexibility index (Phi) is 3.28. The number of nitrogens with two attached hydrogens (primary N) is 1. The molecule has 86 valence electrons. The molecule has 15 heavy (non-hydrogen) atoms. The van der Waals surface area contributed by atoms with Crippen molar-refractivity contribution in [1.29, 1.82) is 0 Å². The maximum atomic E-state index is 9.71. The molecule has 0 radical (unpaired) electrons. The fourth-order valence-corrected chi connectivity index (χ4v) is 3.54. The molecule has 2 bridgehead atoms. The Labute approximate surface area is 96.6 Å². The summed E-state index contributed by atoms with van der Waals surface area (Å²) in [5.41, 5.74) is 5.79. The number of aliphatic hydroxyl groups is 1. The standard InChI is InChI=1S/C11H20N2OS/c1-2-10(11(12)15)13-7-3-4-8(13)6-9(14)5-7/h7-10,14H,2-6H2,1H3,(H2,12,15). The van der Waals surface area contributed by atoms with Crippen LogP contribution in [0.25, 0.3) is 0 Å². The summed E-state index contributed by atoms with van der Waals surface area (Å²) in [6.07, 6.45) is 5.06. The van der Waals surface area contributed by atoms with E-state index in [1.54, 1.807) is 0 Å². The van der Waals surface area contributed by atoms with Gasteiger partial charge in [-0.15, -0.1) is 0 Å². The third kappa shape index (κ3) is 2.03. The van der Waals surface area contributed by atoms with Crippen LogP contribution in [-0.2, 0) is 0 Å². The highest BCUT2D eigenvalue weighted by Crippen LogP contribution is 2.37. The molecule has 0 aromatic heterocycles. The summed E-state index contributed by atoms with van der Waals surface area (Å²) in [6, 6.07) is 1.25. The zero-order valence-corrected chi connectivity index (χ0v) is 10.0. The summed E-state index contributed by atoms with van der Waals surface area (Å²) in [7, 11) is 0.